The minimum Gasteiger partial charge on any atom is -0.480 e. The van der Waals surface area contributed by atoms with Gasteiger partial charge >= 0.3 is 11.6 Å². The van der Waals surface area contributed by atoms with Gasteiger partial charge in [-0.25, -0.2) is 4.79 Å². The van der Waals surface area contributed by atoms with Crippen molar-refractivity contribution >= 4 is 39.7 Å². The fourth-order valence-corrected chi connectivity index (χ4v) is 4.45. The highest BCUT2D eigenvalue weighted by molar-refractivity contribution is 6.00. The number of benzene rings is 1. The first-order chi connectivity index (χ1) is 15.8. The fraction of sp³-hybridized carbons (Fsp3) is 0.417. The molecule has 1 aromatic carbocycles. The van der Waals surface area contributed by atoms with E-state index < -0.39 is 30.0 Å². The molecule has 174 valence electrons. The second kappa shape index (κ2) is 9.09. The largest absolute Gasteiger partial charge is 0.480 e. The molecule has 0 atom stereocenters. The highest BCUT2D eigenvalue weighted by Crippen LogP contribution is 2.37. The summed E-state index contributed by atoms with van der Waals surface area (Å²) in [5, 5.41) is 15.0. The van der Waals surface area contributed by atoms with Crippen LogP contribution in [0.25, 0.3) is 21.9 Å². The van der Waals surface area contributed by atoms with Gasteiger partial charge in [-0.1, -0.05) is 0 Å². The topological polar surface area (TPSA) is 139 Å². The lowest BCUT2D eigenvalue weighted by Crippen LogP contribution is -2.39. The zero-order valence-corrected chi connectivity index (χ0v) is 18.6. The van der Waals surface area contributed by atoms with Crippen LogP contribution < -0.4 is 16.3 Å². The Morgan fingerprint density at radius 1 is 0.939 bits per heavy atom. The van der Waals surface area contributed by atoms with Crippen molar-refractivity contribution in [3.63, 3.8) is 0 Å². The highest BCUT2D eigenvalue weighted by Gasteiger charge is 2.23. The number of rotatable bonds is 7. The van der Waals surface area contributed by atoms with Gasteiger partial charge in [0.2, 0.25) is 11.8 Å². The van der Waals surface area contributed by atoms with E-state index in [1.54, 1.807) is 0 Å². The summed E-state index contributed by atoms with van der Waals surface area (Å²) in [6.45, 7) is 2.90. The fourth-order valence-electron chi connectivity index (χ4n) is 4.45. The van der Waals surface area contributed by atoms with Crippen LogP contribution in [-0.2, 0) is 33.6 Å². The maximum Gasteiger partial charge on any atom is 0.339 e. The molecule has 0 aliphatic heterocycles. The van der Waals surface area contributed by atoms with Crippen LogP contribution in [0.1, 0.15) is 47.3 Å². The Hall–Kier alpha value is -3.62. The Balaban J connectivity index is 1.55. The number of carbonyl (C=O) groups is 3. The van der Waals surface area contributed by atoms with E-state index in [-0.39, 0.29) is 19.4 Å². The minimum absolute atomic E-state index is 0.00828. The zero-order valence-electron chi connectivity index (χ0n) is 18.6. The van der Waals surface area contributed by atoms with Gasteiger partial charge in [0.15, 0.2) is 0 Å². The van der Waals surface area contributed by atoms with E-state index in [1.165, 1.54) is 5.56 Å². The summed E-state index contributed by atoms with van der Waals surface area (Å²) in [6, 6.07) is 2.03. The van der Waals surface area contributed by atoms with Crippen LogP contribution >= 0.6 is 0 Å². The van der Waals surface area contributed by atoms with Gasteiger partial charge in [-0.15, -0.1) is 0 Å². The molecule has 0 bridgehead atoms. The van der Waals surface area contributed by atoms with E-state index in [9.17, 15) is 19.2 Å². The molecule has 1 aliphatic rings. The number of carboxylic acids is 1. The van der Waals surface area contributed by atoms with E-state index in [4.69, 9.17) is 13.9 Å². The summed E-state index contributed by atoms with van der Waals surface area (Å²) in [6.07, 6.45) is 4.26. The number of hydrogen-bond donors (Lipinski definition) is 3. The molecular weight excluding hydrogens is 428 g/mol. The van der Waals surface area contributed by atoms with Gasteiger partial charge in [-0.05, 0) is 51.2 Å². The van der Waals surface area contributed by atoms with E-state index >= 15 is 0 Å². The molecule has 0 spiro atoms. The predicted molar refractivity (Wildman–Crippen MR) is 120 cm³/mol. The second-order valence-corrected chi connectivity index (χ2v) is 8.41. The Kier molecular flexibility index (Phi) is 6.22. The molecule has 0 saturated carbocycles. The van der Waals surface area contributed by atoms with E-state index in [1.807, 2.05) is 19.9 Å². The number of furan rings is 1. The molecule has 1 aliphatic carbocycles. The van der Waals surface area contributed by atoms with Crippen molar-refractivity contribution in [1.29, 1.82) is 0 Å². The second-order valence-electron chi connectivity index (χ2n) is 8.41. The van der Waals surface area contributed by atoms with E-state index in [0.717, 1.165) is 58.9 Å². The summed E-state index contributed by atoms with van der Waals surface area (Å²) < 4.78 is 11.8. The third kappa shape index (κ3) is 4.48. The average molecular weight is 454 g/mol. The number of nitrogens with one attached hydrogen (secondary N) is 2. The van der Waals surface area contributed by atoms with Gasteiger partial charge in [0.25, 0.3) is 0 Å². The van der Waals surface area contributed by atoms with Crippen molar-refractivity contribution in [3.05, 3.63) is 44.5 Å². The molecule has 3 N–H and O–H groups in total. The van der Waals surface area contributed by atoms with Crippen molar-refractivity contribution < 1.29 is 28.3 Å². The molecule has 9 heteroatoms. The zero-order chi connectivity index (χ0) is 23.7. The standard InChI is InChI=1S/C24H26N2O7/c1-12-14(7-8-19(27)25-10-20(28)26-11-21(29)30)24(31)33-22-13(2)23-17(9-16(12)22)15-5-3-4-6-18(15)32-23/h9H,3-8,10-11H2,1-2H3,(H,25,27)(H,26,28)(H,29,30). The van der Waals surface area contributed by atoms with Crippen molar-refractivity contribution in [2.45, 2.75) is 52.4 Å². The number of amides is 2. The normalized spacial score (nSPS) is 13.2. The molecule has 33 heavy (non-hydrogen) atoms. The Morgan fingerprint density at radius 2 is 1.64 bits per heavy atom. The predicted octanol–water partition coefficient (Wildman–Crippen LogP) is 2.28. The van der Waals surface area contributed by atoms with Crippen molar-refractivity contribution in [3.8, 4) is 0 Å². The third-order valence-corrected chi connectivity index (χ3v) is 6.21. The summed E-state index contributed by atoms with van der Waals surface area (Å²) >= 11 is 0. The molecular formula is C24H26N2O7. The number of carbonyl (C=O) groups excluding carboxylic acids is 2. The van der Waals surface area contributed by atoms with Gasteiger partial charge in [0.05, 0.1) is 6.54 Å². The van der Waals surface area contributed by atoms with Gasteiger partial charge in [0, 0.05) is 40.3 Å². The smallest absolute Gasteiger partial charge is 0.339 e. The number of fused-ring (bicyclic) bond motifs is 4. The minimum atomic E-state index is -1.17. The summed E-state index contributed by atoms with van der Waals surface area (Å²) in [5.74, 6) is -1.18. The first-order valence-corrected chi connectivity index (χ1v) is 11.0. The van der Waals surface area contributed by atoms with Crippen LogP contribution in [0.3, 0.4) is 0 Å². The summed E-state index contributed by atoms with van der Waals surface area (Å²) in [5.41, 5.74) is 3.99. The van der Waals surface area contributed by atoms with E-state index in [0.29, 0.717) is 11.1 Å². The highest BCUT2D eigenvalue weighted by atomic mass is 16.4. The molecule has 2 aromatic heterocycles. The van der Waals surface area contributed by atoms with Crippen LogP contribution in [0.4, 0.5) is 0 Å². The molecule has 2 heterocycles. The Labute approximate surface area is 189 Å². The number of aryl methyl sites for hydroxylation is 4. The molecule has 2 amide bonds. The van der Waals surface area contributed by atoms with Crippen molar-refractivity contribution in [2.75, 3.05) is 13.1 Å². The average Bonchev–Trinajstić information content (AvgIpc) is 3.16. The number of carboxylic acid groups (broad SMARTS) is 1. The van der Waals surface area contributed by atoms with Gasteiger partial charge in [-0.2, -0.15) is 0 Å². The number of hydrogen-bond acceptors (Lipinski definition) is 6. The molecule has 4 rings (SSSR count). The molecule has 9 nitrogen and oxygen atoms in total. The van der Waals surface area contributed by atoms with Crippen LogP contribution in [0.2, 0.25) is 0 Å². The molecule has 0 saturated heterocycles. The monoisotopic (exact) mass is 454 g/mol. The molecule has 0 radical (unpaired) electrons. The Morgan fingerprint density at radius 3 is 2.39 bits per heavy atom. The van der Waals surface area contributed by atoms with Crippen LogP contribution in [0, 0.1) is 13.8 Å². The van der Waals surface area contributed by atoms with Gasteiger partial charge in [-0.3, -0.25) is 14.4 Å². The lowest BCUT2D eigenvalue weighted by Gasteiger charge is -2.11. The first-order valence-electron chi connectivity index (χ1n) is 11.0. The maximum absolute atomic E-state index is 12.7. The van der Waals surface area contributed by atoms with E-state index in [2.05, 4.69) is 10.6 Å². The van der Waals surface area contributed by atoms with Crippen LogP contribution in [0.15, 0.2) is 19.7 Å². The maximum atomic E-state index is 12.7. The SMILES string of the molecule is Cc1c(CCC(=O)NCC(=O)NCC(=O)O)c(=O)oc2c(C)c3oc4c(c3cc12)CCCC4. The lowest BCUT2D eigenvalue weighted by molar-refractivity contribution is -0.137. The molecule has 0 fully saturated rings. The number of aliphatic carboxylic acids is 1. The molecule has 0 unspecified atom stereocenters. The van der Waals surface area contributed by atoms with Crippen LogP contribution in [-0.4, -0.2) is 36.0 Å². The summed E-state index contributed by atoms with van der Waals surface area (Å²) in [4.78, 5) is 46.9. The van der Waals surface area contributed by atoms with Crippen LogP contribution in [0.5, 0.6) is 0 Å². The Bertz CT molecular complexity index is 1330. The van der Waals surface area contributed by atoms with Crippen molar-refractivity contribution in [2.24, 2.45) is 0 Å². The van der Waals surface area contributed by atoms with Gasteiger partial charge < -0.3 is 24.6 Å². The summed E-state index contributed by atoms with van der Waals surface area (Å²) in [7, 11) is 0. The van der Waals surface area contributed by atoms with Gasteiger partial charge in [0.1, 0.15) is 23.5 Å². The lowest BCUT2D eigenvalue weighted by atomic mass is 9.93. The third-order valence-electron chi connectivity index (χ3n) is 6.21. The van der Waals surface area contributed by atoms with Crippen molar-refractivity contribution in [1.82, 2.24) is 10.6 Å². The first kappa shape index (κ1) is 22.6. The quantitative estimate of drug-likeness (QED) is 0.466. The molecule has 3 aromatic rings.